The quantitative estimate of drug-likeness (QED) is 0.617. The number of nitrogens with one attached hydrogen (secondary N) is 1. The smallest absolute Gasteiger partial charge is 0.306 e. The van der Waals surface area contributed by atoms with Crippen molar-refractivity contribution in [3.8, 4) is 22.8 Å². The molecule has 0 spiro atoms. The van der Waals surface area contributed by atoms with Crippen LogP contribution in [0.4, 0.5) is 0 Å². The maximum absolute atomic E-state index is 10.9. The molecule has 6 heteroatoms. The van der Waals surface area contributed by atoms with Gasteiger partial charge in [-0.2, -0.15) is 4.98 Å². The minimum Gasteiger partial charge on any atom is -0.481 e. The number of nitrogens with zero attached hydrogens (tertiary/aromatic N) is 2. The third-order valence-electron chi connectivity index (χ3n) is 5.54. The minimum absolute atomic E-state index is 0.191. The highest BCUT2D eigenvalue weighted by atomic mass is 16.5. The first kappa shape index (κ1) is 19.3. The zero-order valence-corrected chi connectivity index (χ0v) is 16.6. The van der Waals surface area contributed by atoms with Crippen molar-refractivity contribution in [3.63, 3.8) is 0 Å². The molecular weight excluding hydrogens is 366 g/mol. The molecule has 0 saturated heterocycles. The highest BCUT2D eigenvalue weighted by Gasteiger charge is 2.33. The Kier molecular flexibility index (Phi) is 5.45. The summed E-state index contributed by atoms with van der Waals surface area (Å²) in [7, 11) is 0. The number of rotatable bonds is 7. The lowest BCUT2D eigenvalue weighted by Gasteiger charge is -2.33. The van der Waals surface area contributed by atoms with Crippen LogP contribution in [0.25, 0.3) is 22.8 Å². The second-order valence-corrected chi connectivity index (χ2v) is 7.98. The number of hydrogen-bond donors (Lipinski definition) is 2. The van der Waals surface area contributed by atoms with E-state index in [4.69, 9.17) is 9.63 Å². The molecule has 4 rings (SSSR count). The zero-order valence-electron chi connectivity index (χ0n) is 16.6. The molecule has 0 unspecified atom stereocenters. The van der Waals surface area contributed by atoms with Crippen molar-refractivity contribution < 1.29 is 14.4 Å². The van der Waals surface area contributed by atoms with E-state index in [1.807, 2.05) is 36.4 Å². The molecule has 1 aliphatic carbocycles. The second kappa shape index (κ2) is 8.17. The molecule has 0 bridgehead atoms. The summed E-state index contributed by atoms with van der Waals surface area (Å²) in [5, 5.41) is 16.5. The molecule has 1 saturated carbocycles. The minimum atomic E-state index is -0.692. The molecule has 6 nitrogen and oxygen atoms in total. The van der Waals surface area contributed by atoms with E-state index in [0.29, 0.717) is 30.5 Å². The third-order valence-corrected chi connectivity index (χ3v) is 5.54. The lowest BCUT2D eigenvalue weighted by atomic mass is 9.80. The van der Waals surface area contributed by atoms with Gasteiger partial charge in [0.25, 0.3) is 5.89 Å². The molecule has 1 fully saturated rings. The Morgan fingerprint density at radius 2 is 1.76 bits per heavy atom. The Balaban J connectivity index is 1.36. The van der Waals surface area contributed by atoms with Crippen LogP contribution < -0.4 is 5.32 Å². The Hall–Kier alpha value is -2.99. The van der Waals surface area contributed by atoms with Crippen LogP contribution in [-0.2, 0) is 11.3 Å². The van der Waals surface area contributed by atoms with E-state index in [1.54, 1.807) is 0 Å². The fourth-order valence-corrected chi connectivity index (χ4v) is 3.49. The van der Waals surface area contributed by atoms with Gasteiger partial charge in [-0.25, -0.2) is 0 Å². The zero-order chi connectivity index (χ0) is 20.4. The van der Waals surface area contributed by atoms with Crippen molar-refractivity contribution in [2.75, 3.05) is 0 Å². The Bertz CT molecular complexity index is 971. The molecule has 29 heavy (non-hydrogen) atoms. The van der Waals surface area contributed by atoms with Gasteiger partial charge >= 0.3 is 5.97 Å². The highest BCUT2D eigenvalue weighted by Crippen LogP contribution is 2.28. The van der Waals surface area contributed by atoms with Crippen LogP contribution in [0.5, 0.6) is 0 Å². The van der Waals surface area contributed by atoms with Crippen molar-refractivity contribution in [3.05, 3.63) is 59.7 Å². The van der Waals surface area contributed by atoms with Gasteiger partial charge in [0.15, 0.2) is 0 Å². The molecule has 0 amide bonds. The lowest BCUT2D eigenvalue weighted by molar-refractivity contribution is -0.145. The monoisotopic (exact) mass is 391 g/mol. The van der Waals surface area contributed by atoms with Gasteiger partial charge in [0.05, 0.1) is 5.92 Å². The van der Waals surface area contributed by atoms with Gasteiger partial charge in [-0.1, -0.05) is 55.4 Å². The first-order chi connectivity index (χ1) is 14.0. The number of carboxylic acids is 1. The number of carboxylic acid groups (broad SMARTS) is 1. The predicted molar refractivity (Wildman–Crippen MR) is 110 cm³/mol. The van der Waals surface area contributed by atoms with Crippen LogP contribution in [0.3, 0.4) is 0 Å². The molecule has 150 valence electrons. The van der Waals surface area contributed by atoms with Crippen molar-refractivity contribution >= 4 is 5.97 Å². The van der Waals surface area contributed by atoms with Gasteiger partial charge in [-0.3, -0.25) is 4.79 Å². The Morgan fingerprint density at radius 1 is 1.10 bits per heavy atom. The number of benzene rings is 2. The number of aliphatic carboxylic acids is 1. The van der Waals surface area contributed by atoms with E-state index in [2.05, 4.69) is 41.4 Å². The molecule has 0 atom stereocenters. The van der Waals surface area contributed by atoms with E-state index in [9.17, 15) is 4.79 Å². The van der Waals surface area contributed by atoms with Gasteiger partial charge in [0.1, 0.15) is 0 Å². The molecule has 0 aliphatic heterocycles. The van der Waals surface area contributed by atoms with Crippen LogP contribution in [0.1, 0.15) is 43.7 Å². The third kappa shape index (κ3) is 4.38. The van der Waals surface area contributed by atoms with Crippen molar-refractivity contribution in [2.24, 2.45) is 5.92 Å². The molecule has 1 aromatic heterocycles. The van der Waals surface area contributed by atoms with Crippen LogP contribution in [0.15, 0.2) is 53.1 Å². The van der Waals surface area contributed by atoms with E-state index in [1.165, 1.54) is 5.56 Å². The normalized spacial score (nSPS) is 18.6. The highest BCUT2D eigenvalue weighted by molar-refractivity contribution is 5.71. The molecule has 3 aromatic rings. The van der Waals surface area contributed by atoms with E-state index in [0.717, 1.165) is 23.2 Å². The summed E-state index contributed by atoms with van der Waals surface area (Å²) in [6.45, 7) is 5.05. The van der Waals surface area contributed by atoms with Gasteiger partial charge in [0.2, 0.25) is 5.82 Å². The number of carbonyl (C=O) groups is 1. The van der Waals surface area contributed by atoms with E-state index < -0.39 is 5.97 Å². The topological polar surface area (TPSA) is 88.2 Å². The van der Waals surface area contributed by atoms with Gasteiger partial charge in [-0.15, -0.1) is 0 Å². The number of hydrogen-bond acceptors (Lipinski definition) is 5. The summed E-state index contributed by atoms with van der Waals surface area (Å²) < 4.78 is 5.44. The standard InChI is InChI=1S/C23H25N3O3/c1-14(2)16-7-9-18(10-8-16)22-25-21(26-29-22)17-5-3-15(4-6-17)13-24-20-11-19(12-20)23(27)28/h3-10,14,19-20,24H,11-13H2,1-2H3,(H,27,28). The van der Waals surface area contributed by atoms with E-state index in [-0.39, 0.29) is 12.0 Å². The maximum atomic E-state index is 10.9. The summed E-state index contributed by atoms with van der Waals surface area (Å²) in [6, 6.07) is 16.5. The van der Waals surface area contributed by atoms with Crippen molar-refractivity contribution in [2.45, 2.75) is 45.2 Å². The summed E-state index contributed by atoms with van der Waals surface area (Å²) in [6.07, 6.45) is 1.41. The largest absolute Gasteiger partial charge is 0.481 e. The summed E-state index contributed by atoms with van der Waals surface area (Å²) in [4.78, 5) is 15.4. The maximum Gasteiger partial charge on any atom is 0.306 e. The van der Waals surface area contributed by atoms with Gasteiger partial charge in [-0.05, 0) is 42.0 Å². The first-order valence-corrected chi connectivity index (χ1v) is 9.99. The molecule has 2 N–H and O–H groups in total. The molecule has 1 heterocycles. The van der Waals surface area contributed by atoms with Crippen LogP contribution in [0, 0.1) is 5.92 Å². The fourth-order valence-electron chi connectivity index (χ4n) is 3.49. The van der Waals surface area contributed by atoms with Crippen molar-refractivity contribution in [1.82, 2.24) is 15.5 Å². The van der Waals surface area contributed by atoms with Gasteiger partial charge < -0.3 is 14.9 Å². The summed E-state index contributed by atoms with van der Waals surface area (Å²) in [5.41, 5.74) is 4.23. The van der Waals surface area contributed by atoms with Gasteiger partial charge in [0, 0.05) is 23.7 Å². The lowest BCUT2D eigenvalue weighted by Crippen LogP contribution is -2.43. The molecule has 2 aromatic carbocycles. The Morgan fingerprint density at radius 3 is 2.38 bits per heavy atom. The molecule has 1 aliphatic rings. The van der Waals surface area contributed by atoms with E-state index >= 15 is 0 Å². The predicted octanol–water partition coefficient (Wildman–Crippen LogP) is 4.48. The Labute approximate surface area is 170 Å². The SMILES string of the molecule is CC(C)c1ccc(-c2nc(-c3ccc(CNC4CC(C(=O)O)C4)cc3)no2)cc1. The second-order valence-electron chi connectivity index (χ2n) is 7.98. The number of aromatic nitrogens is 2. The van der Waals surface area contributed by atoms with Crippen LogP contribution >= 0.6 is 0 Å². The summed E-state index contributed by atoms with van der Waals surface area (Å²) in [5.74, 6) is 0.680. The van der Waals surface area contributed by atoms with Crippen LogP contribution in [0.2, 0.25) is 0 Å². The first-order valence-electron chi connectivity index (χ1n) is 9.99. The van der Waals surface area contributed by atoms with Crippen molar-refractivity contribution in [1.29, 1.82) is 0 Å². The average molecular weight is 391 g/mol. The average Bonchev–Trinajstić information content (AvgIpc) is 3.17. The molecular formula is C23H25N3O3. The van der Waals surface area contributed by atoms with Crippen LogP contribution in [-0.4, -0.2) is 27.3 Å². The summed E-state index contributed by atoms with van der Waals surface area (Å²) >= 11 is 0. The fraction of sp³-hybridized carbons (Fsp3) is 0.348. The molecule has 0 radical (unpaired) electrons.